The average molecular weight is 273 g/mol. The molecule has 1 amide bonds. The highest BCUT2D eigenvalue weighted by Crippen LogP contribution is 2.14. The van der Waals surface area contributed by atoms with Gasteiger partial charge in [-0.15, -0.1) is 0 Å². The van der Waals surface area contributed by atoms with Crippen molar-refractivity contribution in [3.05, 3.63) is 47.8 Å². The molecule has 0 aliphatic carbocycles. The lowest BCUT2D eigenvalue weighted by Crippen LogP contribution is -2.28. The van der Waals surface area contributed by atoms with Crippen molar-refractivity contribution in [2.45, 2.75) is 13.8 Å². The molecule has 0 aliphatic rings. The van der Waals surface area contributed by atoms with E-state index in [0.29, 0.717) is 0 Å². The Morgan fingerprint density at radius 2 is 1.70 bits per heavy atom. The van der Waals surface area contributed by atoms with Gasteiger partial charge >= 0.3 is 0 Å². The molecular weight excluding hydrogens is 254 g/mol. The molecule has 106 valence electrons. The van der Waals surface area contributed by atoms with E-state index < -0.39 is 0 Å². The number of rotatable bonds is 5. The van der Waals surface area contributed by atoms with Gasteiger partial charge in [-0.1, -0.05) is 0 Å². The van der Waals surface area contributed by atoms with Crippen molar-refractivity contribution in [1.29, 1.82) is 0 Å². The maximum atomic E-state index is 11.9. The molecule has 5 heteroatoms. The zero-order valence-corrected chi connectivity index (χ0v) is 11.9. The highest BCUT2D eigenvalue weighted by molar-refractivity contribution is 5.93. The Kier molecular flexibility index (Phi) is 4.30. The van der Waals surface area contributed by atoms with Gasteiger partial charge in [0.15, 0.2) is 0 Å². The van der Waals surface area contributed by atoms with Crippen LogP contribution in [0.2, 0.25) is 0 Å². The summed E-state index contributed by atoms with van der Waals surface area (Å²) in [6.45, 7) is 4.19. The largest absolute Gasteiger partial charge is 0.497 e. The molecule has 2 rings (SSSR count). The van der Waals surface area contributed by atoms with Gasteiger partial charge < -0.3 is 15.5 Å². The van der Waals surface area contributed by atoms with Crippen LogP contribution >= 0.6 is 0 Å². The summed E-state index contributed by atoms with van der Waals surface area (Å²) in [6.07, 6.45) is 0. The third kappa shape index (κ3) is 3.32. The molecule has 0 aliphatic heterocycles. The predicted octanol–water partition coefficient (Wildman–Crippen LogP) is 2.30. The highest BCUT2D eigenvalue weighted by Gasteiger charge is 2.05. The van der Waals surface area contributed by atoms with Crippen molar-refractivity contribution >= 4 is 11.6 Å². The molecular formula is C15H19N3O2. The quantitative estimate of drug-likeness (QED) is 0.879. The van der Waals surface area contributed by atoms with Crippen molar-refractivity contribution in [3.8, 4) is 5.75 Å². The van der Waals surface area contributed by atoms with Gasteiger partial charge in [0.2, 0.25) is 5.91 Å². The zero-order chi connectivity index (χ0) is 14.5. The van der Waals surface area contributed by atoms with E-state index in [9.17, 15) is 4.79 Å². The van der Waals surface area contributed by atoms with Crippen molar-refractivity contribution in [3.63, 3.8) is 0 Å². The van der Waals surface area contributed by atoms with E-state index in [0.717, 1.165) is 22.8 Å². The van der Waals surface area contributed by atoms with Crippen LogP contribution in [0.5, 0.6) is 5.75 Å². The molecule has 20 heavy (non-hydrogen) atoms. The van der Waals surface area contributed by atoms with Crippen molar-refractivity contribution in [1.82, 2.24) is 4.68 Å². The van der Waals surface area contributed by atoms with E-state index in [2.05, 4.69) is 10.7 Å². The second-order valence-electron chi connectivity index (χ2n) is 4.56. The minimum Gasteiger partial charge on any atom is -0.497 e. The van der Waals surface area contributed by atoms with E-state index >= 15 is 0 Å². The first-order valence-electron chi connectivity index (χ1n) is 6.43. The van der Waals surface area contributed by atoms with Gasteiger partial charge in [0.05, 0.1) is 7.11 Å². The molecule has 0 spiro atoms. The maximum Gasteiger partial charge on any atom is 0.245 e. The number of hydrogen-bond acceptors (Lipinski definition) is 3. The van der Waals surface area contributed by atoms with Gasteiger partial charge in [-0.25, -0.2) is 0 Å². The fourth-order valence-electron chi connectivity index (χ4n) is 1.95. The molecule has 5 nitrogen and oxygen atoms in total. The average Bonchev–Trinajstić information content (AvgIpc) is 2.77. The maximum absolute atomic E-state index is 11.9. The molecule has 0 atom stereocenters. The van der Waals surface area contributed by atoms with Crippen LogP contribution in [-0.2, 0) is 4.79 Å². The minimum absolute atomic E-state index is 0.0948. The summed E-state index contributed by atoms with van der Waals surface area (Å²) in [7, 11) is 1.61. The molecule has 0 saturated carbocycles. The first-order valence-corrected chi connectivity index (χ1v) is 6.43. The van der Waals surface area contributed by atoms with Gasteiger partial charge in [-0.05, 0) is 50.2 Å². The van der Waals surface area contributed by atoms with Crippen molar-refractivity contribution in [2.75, 3.05) is 24.4 Å². The number of ether oxygens (including phenoxy) is 1. The lowest BCUT2D eigenvalue weighted by atomic mass is 10.3. The fraction of sp³-hybridized carbons (Fsp3) is 0.267. The molecule has 1 aromatic heterocycles. The molecule has 1 aromatic carbocycles. The molecule has 0 radical (unpaired) electrons. The second-order valence-corrected chi connectivity index (χ2v) is 4.56. The number of nitrogens with zero attached hydrogens (tertiary/aromatic N) is 1. The van der Waals surface area contributed by atoms with Gasteiger partial charge in [-0.3, -0.25) is 9.47 Å². The topological polar surface area (TPSA) is 55.3 Å². The van der Waals surface area contributed by atoms with Gasteiger partial charge in [-0.2, -0.15) is 0 Å². The fourth-order valence-corrected chi connectivity index (χ4v) is 1.95. The predicted molar refractivity (Wildman–Crippen MR) is 79.8 cm³/mol. The van der Waals surface area contributed by atoms with E-state index in [-0.39, 0.29) is 12.5 Å². The number of aryl methyl sites for hydroxylation is 2. The van der Waals surface area contributed by atoms with Crippen LogP contribution in [0.4, 0.5) is 5.69 Å². The van der Waals surface area contributed by atoms with E-state index in [1.807, 2.05) is 54.9 Å². The molecule has 0 fully saturated rings. The Morgan fingerprint density at radius 3 is 2.25 bits per heavy atom. The van der Waals surface area contributed by atoms with Crippen LogP contribution in [0.15, 0.2) is 36.4 Å². The summed E-state index contributed by atoms with van der Waals surface area (Å²) in [5.41, 5.74) is 5.97. The minimum atomic E-state index is -0.0948. The number of aromatic nitrogens is 1. The molecule has 1 heterocycles. The first-order chi connectivity index (χ1) is 9.60. The van der Waals surface area contributed by atoms with Crippen LogP contribution in [0.25, 0.3) is 0 Å². The first kappa shape index (κ1) is 14.0. The SMILES string of the molecule is COc1ccc(NC(=O)CNn2c(C)ccc2C)cc1. The summed E-state index contributed by atoms with van der Waals surface area (Å²) in [4.78, 5) is 11.9. The number of carbonyl (C=O) groups excluding carboxylic acids is 1. The standard InChI is InChI=1S/C15H19N3O2/c1-11-4-5-12(2)18(11)16-10-15(19)17-13-6-8-14(20-3)9-7-13/h4-9,16H,10H2,1-3H3,(H,17,19). The van der Waals surface area contributed by atoms with E-state index in [1.165, 1.54) is 0 Å². The smallest absolute Gasteiger partial charge is 0.245 e. The number of anilines is 1. The van der Waals surface area contributed by atoms with Gasteiger partial charge in [0.25, 0.3) is 0 Å². The summed E-state index contributed by atoms with van der Waals surface area (Å²) < 4.78 is 6.97. The number of carbonyl (C=O) groups is 1. The summed E-state index contributed by atoms with van der Waals surface area (Å²) in [5.74, 6) is 0.669. The number of methoxy groups -OCH3 is 1. The number of hydrogen-bond donors (Lipinski definition) is 2. The third-order valence-corrected chi connectivity index (χ3v) is 3.04. The van der Waals surface area contributed by atoms with Crippen LogP contribution in [-0.4, -0.2) is 24.2 Å². The Bertz CT molecular complexity index is 568. The van der Waals surface area contributed by atoms with E-state index in [4.69, 9.17) is 4.74 Å². The number of nitrogens with one attached hydrogen (secondary N) is 2. The summed E-state index contributed by atoms with van der Waals surface area (Å²) >= 11 is 0. The number of benzene rings is 1. The molecule has 2 N–H and O–H groups in total. The normalized spacial score (nSPS) is 10.2. The lowest BCUT2D eigenvalue weighted by molar-refractivity contribution is -0.114. The highest BCUT2D eigenvalue weighted by atomic mass is 16.5. The summed E-state index contributed by atoms with van der Waals surface area (Å²) in [5, 5.41) is 2.82. The number of amides is 1. The summed E-state index contributed by atoms with van der Waals surface area (Å²) in [6, 6.07) is 11.2. The van der Waals surface area contributed by atoms with E-state index in [1.54, 1.807) is 7.11 Å². The van der Waals surface area contributed by atoms with Crippen LogP contribution in [0.3, 0.4) is 0 Å². The zero-order valence-electron chi connectivity index (χ0n) is 11.9. The van der Waals surface area contributed by atoms with Crippen LogP contribution in [0.1, 0.15) is 11.4 Å². The molecule has 0 unspecified atom stereocenters. The Balaban J connectivity index is 1.89. The Hall–Kier alpha value is -2.43. The second kappa shape index (κ2) is 6.14. The van der Waals surface area contributed by atoms with Crippen LogP contribution in [0, 0.1) is 13.8 Å². The van der Waals surface area contributed by atoms with Crippen molar-refractivity contribution < 1.29 is 9.53 Å². The monoisotopic (exact) mass is 273 g/mol. The Labute approximate surface area is 118 Å². The van der Waals surface area contributed by atoms with Gasteiger partial charge in [0, 0.05) is 17.1 Å². The lowest BCUT2D eigenvalue weighted by Gasteiger charge is -2.12. The molecule has 0 bridgehead atoms. The van der Waals surface area contributed by atoms with Crippen molar-refractivity contribution in [2.24, 2.45) is 0 Å². The van der Waals surface area contributed by atoms with Crippen LogP contribution < -0.4 is 15.5 Å². The Morgan fingerprint density at radius 1 is 1.10 bits per heavy atom. The molecule has 0 saturated heterocycles. The third-order valence-electron chi connectivity index (χ3n) is 3.04. The molecule has 2 aromatic rings. The van der Waals surface area contributed by atoms with Gasteiger partial charge in [0.1, 0.15) is 12.3 Å².